The smallest absolute Gasteiger partial charge is 0.266 e. The zero-order chi connectivity index (χ0) is 27.9. The molecule has 2 aliphatic heterocycles. The molecule has 6 nitrogen and oxygen atoms in total. The molecule has 0 aliphatic carbocycles. The molecule has 0 radical (unpaired) electrons. The van der Waals surface area contributed by atoms with Crippen LogP contribution in [0.3, 0.4) is 0 Å². The highest BCUT2D eigenvalue weighted by Crippen LogP contribution is 2.53. The van der Waals surface area contributed by atoms with Gasteiger partial charge in [-0.15, -0.1) is 0 Å². The molecule has 1 amide bonds. The highest BCUT2D eigenvalue weighted by atomic mass is 35.6. The van der Waals surface area contributed by atoms with Crippen LogP contribution in [0, 0.1) is 0 Å². The number of benzene rings is 4. The molecule has 0 N–H and O–H groups in total. The molecular formula is C30H23Cl3N4O2S. The maximum Gasteiger partial charge on any atom is 0.266 e. The van der Waals surface area contributed by atoms with E-state index < -0.39 is 20.8 Å². The van der Waals surface area contributed by atoms with Crippen LogP contribution in [0.25, 0.3) is 0 Å². The number of amides is 1. The fourth-order valence-electron chi connectivity index (χ4n) is 4.69. The predicted octanol–water partition coefficient (Wildman–Crippen LogP) is 7.51. The second-order valence-electron chi connectivity index (χ2n) is 8.96. The van der Waals surface area contributed by atoms with Gasteiger partial charge < -0.3 is 4.74 Å². The van der Waals surface area contributed by atoms with Gasteiger partial charge in [-0.2, -0.15) is 0 Å². The van der Waals surface area contributed by atoms with Crippen molar-refractivity contribution < 1.29 is 9.53 Å². The highest BCUT2D eigenvalue weighted by Gasteiger charge is 2.56. The van der Waals surface area contributed by atoms with E-state index in [0.29, 0.717) is 16.5 Å². The maximum absolute atomic E-state index is 14.3. The van der Waals surface area contributed by atoms with Crippen molar-refractivity contribution in [2.24, 2.45) is 4.99 Å². The van der Waals surface area contributed by atoms with Crippen molar-refractivity contribution >= 4 is 73.9 Å². The minimum absolute atomic E-state index is 0.275. The van der Waals surface area contributed by atoms with E-state index in [0.717, 1.165) is 22.7 Å². The number of alkyl halides is 3. The number of para-hydroxylation sites is 2. The number of anilines is 2. The first-order chi connectivity index (χ1) is 19.4. The van der Waals surface area contributed by atoms with E-state index in [2.05, 4.69) is 0 Å². The molecule has 0 aromatic heterocycles. The van der Waals surface area contributed by atoms with Gasteiger partial charge in [-0.1, -0.05) is 89.4 Å². The topological polar surface area (TPSA) is 48.4 Å². The zero-order valence-corrected chi connectivity index (χ0v) is 24.3. The molecule has 2 unspecified atom stereocenters. The van der Waals surface area contributed by atoms with Gasteiger partial charge in [-0.25, -0.2) is 9.30 Å². The van der Waals surface area contributed by atoms with Gasteiger partial charge in [-0.05, 0) is 60.7 Å². The Hall–Kier alpha value is -3.49. The Balaban J connectivity index is 1.61. The molecule has 0 bridgehead atoms. The van der Waals surface area contributed by atoms with E-state index in [9.17, 15) is 4.79 Å². The Morgan fingerprint density at radius 1 is 0.800 bits per heavy atom. The third kappa shape index (κ3) is 4.73. The molecule has 2 heterocycles. The largest absolute Gasteiger partial charge is 0.497 e. The van der Waals surface area contributed by atoms with Crippen molar-refractivity contribution in [2.45, 2.75) is 9.96 Å². The molecule has 6 rings (SSSR count). The molecule has 0 fully saturated rings. The molecule has 2 aliphatic rings. The average Bonchev–Trinajstić information content (AvgIpc) is 3.53. The molecule has 0 spiro atoms. The summed E-state index contributed by atoms with van der Waals surface area (Å²) >= 11 is 20.1. The van der Waals surface area contributed by atoms with Crippen LogP contribution >= 0.6 is 45.7 Å². The molecular weight excluding hydrogens is 587 g/mol. The fourth-order valence-corrected chi connectivity index (χ4v) is 7.85. The number of carbonyl (C=O) groups excluding carboxylic acids is 1. The minimum Gasteiger partial charge on any atom is -0.497 e. The lowest BCUT2D eigenvalue weighted by atomic mass is 10.2. The van der Waals surface area contributed by atoms with E-state index >= 15 is 0 Å². The van der Waals surface area contributed by atoms with Crippen LogP contribution in [0.5, 0.6) is 5.75 Å². The summed E-state index contributed by atoms with van der Waals surface area (Å²) in [5, 5.41) is 0.599. The molecule has 10 heteroatoms. The van der Waals surface area contributed by atoms with Crippen LogP contribution in [0.1, 0.15) is 15.9 Å². The third-order valence-corrected chi connectivity index (χ3v) is 9.14. The summed E-state index contributed by atoms with van der Waals surface area (Å²) in [5.41, 5.74) is 2.93. The number of rotatable bonds is 5. The number of methoxy groups -OCH3 is 1. The van der Waals surface area contributed by atoms with Gasteiger partial charge >= 0.3 is 0 Å². The van der Waals surface area contributed by atoms with Crippen LogP contribution < -0.4 is 13.9 Å². The van der Waals surface area contributed by atoms with Crippen molar-refractivity contribution in [1.29, 1.82) is 0 Å². The molecule has 40 heavy (non-hydrogen) atoms. The fraction of sp³-hybridized carbons (Fsp3) is 0.100. The van der Waals surface area contributed by atoms with E-state index in [1.807, 2.05) is 112 Å². The van der Waals surface area contributed by atoms with Crippen LogP contribution in [0.15, 0.2) is 120 Å². The van der Waals surface area contributed by atoms with E-state index in [-0.39, 0.29) is 5.91 Å². The van der Waals surface area contributed by atoms with Crippen molar-refractivity contribution in [1.82, 2.24) is 4.31 Å². The number of hydrogen-bond donors (Lipinski definition) is 0. The summed E-state index contributed by atoms with van der Waals surface area (Å²) in [4.78, 5) is 21.4. The van der Waals surface area contributed by atoms with Gasteiger partial charge in [-0.3, -0.25) is 14.0 Å². The molecule has 202 valence electrons. The Labute approximate surface area is 250 Å². The van der Waals surface area contributed by atoms with Gasteiger partial charge in [0.25, 0.3) is 5.91 Å². The second-order valence-corrected chi connectivity index (χ2v) is 13.0. The van der Waals surface area contributed by atoms with Crippen molar-refractivity contribution in [2.75, 3.05) is 16.3 Å². The van der Waals surface area contributed by atoms with Crippen LogP contribution in [0.4, 0.5) is 11.4 Å². The second kappa shape index (κ2) is 10.8. The van der Waals surface area contributed by atoms with Crippen LogP contribution in [-0.2, 0) is 0 Å². The highest BCUT2D eigenvalue weighted by molar-refractivity contribution is 8.17. The van der Waals surface area contributed by atoms with Gasteiger partial charge in [0.05, 0.1) is 23.7 Å². The Bertz CT molecular complexity index is 1600. The van der Waals surface area contributed by atoms with E-state index in [4.69, 9.17) is 44.5 Å². The lowest BCUT2D eigenvalue weighted by molar-refractivity contribution is 0.0841. The quantitative estimate of drug-likeness (QED) is 0.174. The summed E-state index contributed by atoms with van der Waals surface area (Å²) in [6, 6.07) is 36.1. The Kier molecular flexibility index (Phi) is 7.23. The summed E-state index contributed by atoms with van der Waals surface area (Å²) in [6.45, 7) is 0. The number of nitrogens with zero attached hydrogens (tertiary/aromatic N) is 4. The Morgan fingerprint density at radius 3 is 1.90 bits per heavy atom. The number of aliphatic imine (C=N–C) groups is 1. The van der Waals surface area contributed by atoms with Gasteiger partial charge in [0.15, 0.2) is 12.0 Å². The first-order valence-corrected chi connectivity index (χ1v) is 14.6. The molecule has 2 atom stereocenters. The SMILES string of the molecule is COc1ccc(C2=NC3=S(N2c2ccccc2)N(C(=O)c2ccccc2)C(C(Cl)(Cl)Cl)N3c2ccccc2)cc1. The lowest BCUT2D eigenvalue weighted by Gasteiger charge is -2.39. The van der Waals surface area contributed by atoms with E-state index in [1.165, 1.54) is 0 Å². The molecule has 4 aromatic carbocycles. The van der Waals surface area contributed by atoms with Crippen molar-refractivity contribution in [3.63, 3.8) is 0 Å². The predicted molar refractivity (Wildman–Crippen MR) is 167 cm³/mol. The number of carbonyl (C=O) groups is 1. The number of ether oxygens (including phenoxy) is 1. The first-order valence-electron chi connectivity index (χ1n) is 12.4. The van der Waals surface area contributed by atoms with Crippen molar-refractivity contribution in [3.05, 3.63) is 126 Å². The summed E-state index contributed by atoms with van der Waals surface area (Å²) in [6.07, 6.45) is -0.974. The monoisotopic (exact) mass is 608 g/mol. The van der Waals surface area contributed by atoms with E-state index in [1.54, 1.807) is 23.5 Å². The number of hydrogen-bond acceptors (Lipinski definition) is 5. The standard InChI is InChI=1S/C30H23Cl3N4O2S/c1-39-25-19-17-21(18-20-25)26-34-29-35(23-13-7-3-8-14-23)28(30(31,32)33)37(27(38)22-11-5-2-6-12-22)40(29)36(26)24-15-9-4-10-16-24/h2-20,28H,1H3. The van der Waals surface area contributed by atoms with Gasteiger partial charge in [0.2, 0.25) is 8.90 Å². The molecule has 0 saturated carbocycles. The molecule has 0 saturated heterocycles. The van der Waals surface area contributed by atoms with Crippen LogP contribution in [-0.4, -0.2) is 38.2 Å². The molecule has 4 aromatic rings. The van der Waals surface area contributed by atoms with Gasteiger partial charge in [0.1, 0.15) is 5.75 Å². The van der Waals surface area contributed by atoms with Crippen LogP contribution in [0.2, 0.25) is 0 Å². The summed E-state index contributed by atoms with van der Waals surface area (Å²) in [7, 11) is 0.528. The number of halogens is 3. The average molecular weight is 610 g/mol. The lowest BCUT2D eigenvalue weighted by Crippen LogP contribution is -2.53. The minimum atomic E-state index is -1.87. The summed E-state index contributed by atoms with van der Waals surface area (Å²) in [5.74, 6) is 1.12. The summed E-state index contributed by atoms with van der Waals surface area (Å²) < 4.78 is 7.20. The maximum atomic E-state index is 14.3. The first kappa shape index (κ1) is 26.7. The van der Waals surface area contributed by atoms with Gasteiger partial charge in [0, 0.05) is 16.8 Å². The Morgan fingerprint density at radius 2 is 1.35 bits per heavy atom. The normalized spacial score (nSPS) is 18.6. The third-order valence-electron chi connectivity index (χ3n) is 6.48. The zero-order valence-electron chi connectivity index (χ0n) is 21.2. The number of amidine groups is 1. The van der Waals surface area contributed by atoms with Crippen molar-refractivity contribution in [3.8, 4) is 5.75 Å².